The molecule has 1 fully saturated rings. The third-order valence-electron chi connectivity index (χ3n) is 3.90. The molecule has 0 aliphatic carbocycles. The predicted octanol–water partition coefficient (Wildman–Crippen LogP) is 2.08. The van der Waals surface area contributed by atoms with E-state index >= 15 is 0 Å². The van der Waals surface area contributed by atoms with E-state index in [4.69, 9.17) is 9.47 Å². The van der Waals surface area contributed by atoms with Crippen molar-refractivity contribution in [1.29, 1.82) is 0 Å². The maximum atomic E-state index is 10.4. The Balaban J connectivity index is 2.66. The quantitative estimate of drug-likeness (QED) is 0.701. The molecule has 1 saturated heterocycles. The largest absolute Gasteiger partial charge is 0.392 e. The molecule has 0 aromatic rings. The van der Waals surface area contributed by atoms with Crippen LogP contribution in [0.1, 0.15) is 52.4 Å². The highest BCUT2D eigenvalue weighted by Gasteiger charge is 2.46. The van der Waals surface area contributed by atoms with Crippen LogP contribution in [0.15, 0.2) is 0 Å². The van der Waals surface area contributed by atoms with Crippen LogP contribution in [0, 0.1) is 5.41 Å². The van der Waals surface area contributed by atoms with Gasteiger partial charge in [-0.05, 0) is 12.8 Å². The van der Waals surface area contributed by atoms with Crippen molar-refractivity contribution >= 4 is 0 Å². The Kier molecular flexibility index (Phi) is 7.15. The number of ether oxygens (including phenoxy) is 2. The summed E-state index contributed by atoms with van der Waals surface area (Å²) in [7, 11) is 0. The van der Waals surface area contributed by atoms with Crippen molar-refractivity contribution in [2.75, 3.05) is 20.0 Å². The molecule has 0 radical (unpaired) electrons. The Bertz CT molecular complexity index is 198. The molecule has 0 spiro atoms. The molecule has 2 atom stereocenters. The van der Waals surface area contributed by atoms with Crippen LogP contribution in [0.4, 0.5) is 0 Å². The lowest BCUT2D eigenvalue weighted by Gasteiger charge is -2.43. The standard InChI is InChI=1S/C14H28O4/c1-3-5-7-12(15)14(9-17-11-18-10-14)13(16)8-6-4-2/h12-13,15-16H,3-11H2,1-2H3. The third-order valence-corrected chi connectivity index (χ3v) is 3.90. The number of rotatable bonds is 8. The summed E-state index contributed by atoms with van der Waals surface area (Å²) in [6.45, 7) is 5.25. The van der Waals surface area contributed by atoms with E-state index in [1.165, 1.54) is 0 Å². The lowest BCUT2D eigenvalue weighted by atomic mass is 9.74. The van der Waals surface area contributed by atoms with Gasteiger partial charge in [0.15, 0.2) is 0 Å². The molecule has 0 amide bonds. The maximum absolute atomic E-state index is 10.4. The Hall–Kier alpha value is -0.160. The van der Waals surface area contributed by atoms with Crippen molar-refractivity contribution in [1.82, 2.24) is 0 Å². The van der Waals surface area contributed by atoms with E-state index in [9.17, 15) is 10.2 Å². The minimum atomic E-state index is -0.636. The first-order valence-corrected chi connectivity index (χ1v) is 7.19. The van der Waals surface area contributed by atoms with E-state index in [-0.39, 0.29) is 6.79 Å². The normalized spacial score (nSPS) is 22.7. The van der Waals surface area contributed by atoms with Gasteiger partial charge in [0, 0.05) is 0 Å². The molecule has 108 valence electrons. The lowest BCUT2D eigenvalue weighted by Crippen LogP contribution is -2.54. The monoisotopic (exact) mass is 260 g/mol. The van der Waals surface area contributed by atoms with Gasteiger partial charge in [-0.15, -0.1) is 0 Å². The van der Waals surface area contributed by atoms with Crippen LogP contribution in [0.5, 0.6) is 0 Å². The van der Waals surface area contributed by atoms with Gasteiger partial charge in [-0.2, -0.15) is 0 Å². The van der Waals surface area contributed by atoms with Gasteiger partial charge in [-0.1, -0.05) is 39.5 Å². The van der Waals surface area contributed by atoms with Gasteiger partial charge in [0.25, 0.3) is 0 Å². The average molecular weight is 260 g/mol. The number of hydrogen-bond acceptors (Lipinski definition) is 4. The van der Waals surface area contributed by atoms with Crippen molar-refractivity contribution in [3.63, 3.8) is 0 Å². The second-order valence-electron chi connectivity index (χ2n) is 5.36. The molecule has 2 unspecified atom stereocenters. The van der Waals surface area contributed by atoms with Crippen LogP contribution in [0.25, 0.3) is 0 Å². The van der Waals surface area contributed by atoms with Gasteiger partial charge in [-0.25, -0.2) is 0 Å². The van der Waals surface area contributed by atoms with E-state index in [2.05, 4.69) is 13.8 Å². The highest BCUT2D eigenvalue weighted by Crippen LogP contribution is 2.35. The van der Waals surface area contributed by atoms with Crippen molar-refractivity contribution in [3.8, 4) is 0 Å². The fraction of sp³-hybridized carbons (Fsp3) is 1.00. The summed E-state index contributed by atoms with van der Waals surface area (Å²) in [6.07, 6.45) is 4.31. The zero-order valence-corrected chi connectivity index (χ0v) is 11.7. The summed E-state index contributed by atoms with van der Waals surface area (Å²) in [5.41, 5.74) is -0.636. The molecule has 1 aliphatic rings. The summed E-state index contributed by atoms with van der Waals surface area (Å²) in [5.74, 6) is 0. The Morgan fingerprint density at radius 1 is 0.944 bits per heavy atom. The first-order valence-electron chi connectivity index (χ1n) is 7.19. The average Bonchev–Trinajstić information content (AvgIpc) is 2.42. The van der Waals surface area contributed by atoms with Crippen LogP contribution in [0.2, 0.25) is 0 Å². The first kappa shape index (κ1) is 15.9. The van der Waals surface area contributed by atoms with E-state index in [1.807, 2.05) is 0 Å². The summed E-state index contributed by atoms with van der Waals surface area (Å²) in [6, 6.07) is 0. The minimum Gasteiger partial charge on any atom is -0.392 e. The second kappa shape index (κ2) is 8.10. The topological polar surface area (TPSA) is 58.9 Å². The summed E-state index contributed by atoms with van der Waals surface area (Å²) >= 11 is 0. The van der Waals surface area contributed by atoms with Gasteiger partial charge >= 0.3 is 0 Å². The molecule has 18 heavy (non-hydrogen) atoms. The summed E-state index contributed by atoms with van der Waals surface area (Å²) in [5, 5.41) is 20.8. The molecule has 0 aromatic carbocycles. The van der Waals surface area contributed by atoms with Crippen molar-refractivity contribution < 1.29 is 19.7 Å². The van der Waals surface area contributed by atoms with Crippen LogP contribution in [-0.2, 0) is 9.47 Å². The van der Waals surface area contributed by atoms with Crippen molar-refractivity contribution in [2.24, 2.45) is 5.41 Å². The smallest absolute Gasteiger partial charge is 0.146 e. The molecule has 1 rings (SSSR count). The molecule has 0 saturated carbocycles. The Morgan fingerprint density at radius 3 is 1.78 bits per heavy atom. The van der Waals surface area contributed by atoms with E-state index in [0.717, 1.165) is 25.7 Å². The van der Waals surface area contributed by atoms with Gasteiger partial charge in [-0.3, -0.25) is 0 Å². The zero-order valence-electron chi connectivity index (χ0n) is 11.7. The van der Waals surface area contributed by atoms with Gasteiger partial charge < -0.3 is 19.7 Å². The van der Waals surface area contributed by atoms with E-state index in [0.29, 0.717) is 26.1 Å². The maximum Gasteiger partial charge on any atom is 0.146 e. The molecule has 4 heteroatoms. The number of aliphatic hydroxyl groups excluding tert-OH is 2. The molecular weight excluding hydrogens is 232 g/mol. The molecule has 1 heterocycles. The molecule has 1 aliphatic heterocycles. The van der Waals surface area contributed by atoms with Crippen molar-refractivity contribution in [2.45, 2.75) is 64.6 Å². The molecule has 0 aromatic heterocycles. The number of unbranched alkanes of at least 4 members (excludes halogenated alkanes) is 2. The predicted molar refractivity (Wildman–Crippen MR) is 70.3 cm³/mol. The Labute approximate surface area is 110 Å². The summed E-state index contributed by atoms with van der Waals surface area (Å²) in [4.78, 5) is 0. The van der Waals surface area contributed by atoms with Gasteiger partial charge in [0.1, 0.15) is 6.79 Å². The highest BCUT2D eigenvalue weighted by atomic mass is 16.7. The molecule has 0 bridgehead atoms. The van der Waals surface area contributed by atoms with E-state index < -0.39 is 17.6 Å². The molecule has 4 nitrogen and oxygen atoms in total. The van der Waals surface area contributed by atoms with E-state index in [1.54, 1.807) is 0 Å². The zero-order chi connectivity index (χ0) is 13.4. The number of aliphatic hydroxyl groups is 2. The van der Waals surface area contributed by atoms with Crippen LogP contribution < -0.4 is 0 Å². The fourth-order valence-corrected chi connectivity index (χ4v) is 2.54. The lowest BCUT2D eigenvalue weighted by molar-refractivity contribution is -0.229. The Morgan fingerprint density at radius 2 is 1.39 bits per heavy atom. The first-order chi connectivity index (χ1) is 8.67. The second-order valence-corrected chi connectivity index (χ2v) is 5.36. The molecule has 2 N–H and O–H groups in total. The SMILES string of the molecule is CCCCC(O)C1(C(O)CCCC)COCOC1. The number of hydrogen-bond donors (Lipinski definition) is 2. The fourth-order valence-electron chi connectivity index (χ4n) is 2.54. The molecular formula is C14H28O4. The van der Waals surface area contributed by atoms with Gasteiger partial charge in [0.05, 0.1) is 30.8 Å². The minimum absolute atomic E-state index is 0.267. The van der Waals surface area contributed by atoms with Crippen molar-refractivity contribution in [3.05, 3.63) is 0 Å². The highest BCUT2D eigenvalue weighted by molar-refractivity contribution is 4.93. The van der Waals surface area contributed by atoms with Crippen LogP contribution in [0.3, 0.4) is 0 Å². The third kappa shape index (κ3) is 3.92. The van der Waals surface area contributed by atoms with Gasteiger partial charge in [0.2, 0.25) is 0 Å². The summed E-state index contributed by atoms with van der Waals surface area (Å²) < 4.78 is 10.7. The van der Waals surface area contributed by atoms with Crippen LogP contribution >= 0.6 is 0 Å². The van der Waals surface area contributed by atoms with Crippen LogP contribution in [-0.4, -0.2) is 42.4 Å².